The molecule has 0 amide bonds. The number of hydrogen-bond acceptors (Lipinski definition) is 8. The van der Waals surface area contributed by atoms with Crippen LogP contribution in [0.4, 0.5) is 10.8 Å². The van der Waals surface area contributed by atoms with Gasteiger partial charge in [-0.25, -0.2) is 4.68 Å². The SMILES string of the molecule is COc1ccccc1Nc1nn(CN(C[C@@H]2CCCO2)C[C@@H]2CCCO2)c(=S)s1. The Balaban J connectivity index is 1.45. The van der Waals surface area contributed by atoms with E-state index in [4.69, 9.17) is 31.5 Å². The lowest BCUT2D eigenvalue weighted by Crippen LogP contribution is -2.39. The van der Waals surface area contributed by atoms with E-state index in [-0.39, 0.29) is 12.2 Å². The van der Waals surface area contributed by atoms with E-state index in [1.54, 1.807) is 7.11 Å². The van der Waals surface area contributed by atoms with Crippen molar-refractivity contribution in [1.29, 1.82) is 0 Å². The molecule has 7 nitrogen and oxygen atoms in total. The molecule has 0 saturated carbocycles. The van der Waals surface area contributed by atoms with Crippen LogP contribution in [0.15, 0.2) is 24.3 Å². The molecule has 0 bridgehead atoms. The number of methoxy groups -OCH3 is 1. The molecular formula is C20H28N4O3S2. The van der Waals surface area contributed by atoms with Crippen LogP contribution in [0.25, 0.3) is 0 Å². The standard InChI is InChI=1S/C20H28N4O3S2/c1-25-18-9-3-2-8-17(18)21-19-22-24(20(28)29-19)14-23(12-15-6-4-10-26-15)13-16-7-5-11-27-16/h2-3,8-9,15-16H,4-7,10-14H2,1H3,(H,21,22)/t15-,16-/m0/s1. The first-order chi connectivity index (χ1) is 14.2. The van der Waals surface area contributed by atoms with Crippen LogP contribution in [0.1, 0.15) is 25.7 Å². The third kappa shape index (κ3) is 5.55. The fraction of sp³-hybridized carbons (Fsp3) is 0.600. The van der Waals surface area contributed by atoms with Gasteiger partial charge in [-0.1, -0.05) is 23.5 Å². The maximum absolute atomic E-state index is 5.86. The van der Waals surface area contributed by atoms with Crippen LogP contribution in [0.2, 0.25) is 0 Å². The lowest BCUT2D eigenvalue weighted by atomic mass is 10.2. The molecule has 158 valence electrons. The van der Waals surface area contributed by atoms with Gasteiger partial charge in [-0.05, 0) is 50.0 Å². The van der Waals surface area contributed by atoms with Gasteiger partial charge in [-0.3, -0.25) is 4.90 Å². The molecule has 2 saturated heterocycles. The zero-order valence-corrected chi connectivity index (χ0v) is 18.3. The Hall–Kier alpha value is -1.52. The second-order valence-corrected chi connectivity index (χ2v) is 9.07. The van der Waals surface area contributed by atoms with Gasteiger partial charge in [-0.15, -0.1) is 5.10 Å². The zero-order chi connectivity index (χ0) is 20.1. The molecule has 0 radical (unpaired) electrons. The van der Waals surface area contributed by atoms with Crippen molar-refractivity contribution < 1.29 is 14.2 Å². The van der Waals surface area contributed by atoms with Crippen LogP contribution in [0, 0.1) is 3.95 Å². The number of anilines is 2. The molecule has 2 fully saturated rings. The summed E-state index contributed by atoms with van der Waals surface area (Å²) in [4.78, 5) is 2.37. The Bertz CT molecular complexity index is 826. The Kier molecular flexibility index (Phi) is 7.15. The van der Waals surface area contributed by atoms with Gasteiger partial charge in [0, 0.05) is 26.3 Å². The van der Waals surface area contributed by atoms with Crippen molar-refractivity contribution in [1.82, 2.24) is 14.7 Å². The van der Waals surface area contributed by atoms with E-state index in [1.807, 2.05) is 28.9 Å². The molecule has 3 heterocycles. The summed E-state index contributed by atoms with van der Waals surface area (Å²) < 4.78 is 19.8. The summed E-state index contributed by atoms with van der Waals surface area (Å²) in [5.41, 5.74) is 0.876. The van der Waals surface area contributed by atoms with Crippen molar-refractivity contribution in [2.45, 2.75) is 44.6 Å². The molecule has 1 aromatic heterocycles. The van der Waals surface area contributed by atoms with Gasteiger partial charge in [0.15, 0.2) is 3.95 Å². The number of nitrogens with zero attached hydrogens (tertiary/aromatic N) is 3. The third-order valence-corrected chi connectivity index (χ3v) is 6.48. The normalized spacial score (nSPS) is 21.7. The van der Waals surface area contributed by atoms with Crippen molar-refractivity contribution >= 4 is 34.4 Å². The van der Waals surface area contributed by atoms with E-state index in [9.17, 15) is 0 Å². The van der Waals surface area contributed by atoms with Crippen LogP contribution < -0.4 is 10.1 Å². The minimum Gasteiger partial charge on any atom is -0.495 e. The molecule has 0 aliphatic carbocycles. The minimum atomic E-state index is 0.287. The zero-order valence-electron chi connectivity index (χ0n) is 16.7. The number of para-hydroxylation sites is 2. The molecule has 1 aromatic carbocycles. The van der Waals surface area contributed by atoms with Gasteiger partial charge >= 0.3 is 0 Å². The van der Waals surface area contributed by atoms with E-state index >= 15 is 0 Å². The summed E-state index contributed by atoms with van der Waals surface area (Å²) in [6.07, 6.45) is 5.09. The highest BCUT2D eigenvalue weighted by molar-refractivity contribution is 7.73. The molecule has 29 heavy (non-hydrogen) atoms. The van der Waals surface area contributed by atoms with Crippen molar-refractivity contribution in [3.8, 4) is 5.75 Å². The van der Waals surface area contributed by atoms with E-state index in [2.05, 4.69) is 10.2 Å². The molecule has 2 atom stereocenters. The largest absolute Gasteiger partial charge is 0.495 e. The first kappa shape index (κ1) is 20.7. The number of hydrogen-bond donors (Lipinski definition) is 1. The highest BCUT2D eigenvalue weighted by Gasteiger charge is 2.24. The molecule has 0 spiro atoms. The van der Waals surface area contributed by atoms with Gasteiger partial charge in [0.2, 0.25) is 5.13 Å². The van der Waals surface area contributed by atoms with Crippen molar-refractivity contribution in [3.63, 3.8) is 0 Å². The monoisotopic (exact) mass is 436 g/mol. The summed E-state index contributed by atoms with van der Waals surface area (Å²) in [6, 6.07) is 7.79. The summed E-state index contributed by atoms with van der Waals surface area (Å²) in [6.45, 7) is 4.13. The number of aromatic nitrogens is 2. The summed E-state index contributed by atoms with van der Waals surface area (Å²) >= 11 is 7.06. The van der Waals surface area contributed by atoms with Gasteiger partial charge in [0.05, 0.1) is 31.7 Å². The van der Waals surface area contributed by atoms with Crippen LogP contribution in [0.3, 0.4) is 0 Å². The molecule has 2 aromatic rings. The second kappa shape index (κ2) is 9.99. The average molecular weight is 437 g/mol. The summed E-state index contributed by atoms with van der Waals surface area (Å²) in [5, 5.41) is 8.80. The molecule has 4 rings (SSSR count). The molecule has 1 N–H and O–H groups in total. The van der Waals surface area contributed by atoms with Crippen LogP contribution in [-0.2, 0) is 16.1 Å². The molecular weight excluding hydrogens is 408 g/mol. The molecule has 9 heteroatoms. The summed E-state index contributed by atoms with van der Waals surface area (Å²) in [7, 11) is 1.66. The predicted molar refractivity (Wildman–Crippen MR) is 117 cm³/mol. The molecule has 0 unspecified atom stereocenters. The fourth-order valence-corrected chi connectivity index (χ4v) is 4.85. The Morgan fingerprint density at radius 2 is 1.90 bits per heavy atom. The van der Waals surface area contributed by atoms with Crippen molar-refractivity contribution in [2.75, 3.05) is 38.7 Å². The highest BCUT2D eigenvalue weighted by atomic mass is 32.1. The van der Waals surface area contributed by atoms with Gasteiger partial charge in [0.1, 0.15) is 5.75 Å². The fourth-order valence-electron chi connectivity index (χ4n) is 3.84. The van der Waals surface area contributed by atoms with E-state index in [0.29, 0.717) is 6.67 Å². The van der Waals surface area contributed by atoms with E-state index < -0.39 is 0 Å². The number of benzene rings is 1. The first-order valence-corrected chi connectivity index (χ1v) is 11.4. The maximum Gasteiger partial charge on any atom is 0.209 e. The number of nitrogens with one attached hydrogen (secondary N) is 1. The number of ether oxygens (including phenoxy) is 3. The predicted octanol–water partition coefficient (Wildman–Crippen LogP) is 4.04. The topological polar surface area (TPSA) is 60.8 Å². The molecule has 2 aliphatic rings. The quantitative estimate of drug-likeness (QED) is 0.595. The Morgan fingerprint density at radius 3 is 2.52 bits per heavy atom. The Labute approximate surface area is 180 Å². The second-order valence-electron chi connectivity index (χ2n) is 7.45. The Morgan fingerprint density at radius 1 is 1.21 bits per heavy atom. The smallest absolute Gasteiger partial charge is 0.209 e. The molecule has 2 aliphatic heterocycles. The number of rotatable bonds is 9. The highest BCUT2D eigenvalue weighted by Crippen LogP contribution is 2.28. The maximum atomic E-state index is 5.86. The van der Waals surface area contributed by atoms with Crippen LogP contribution in [0.5, 0.6) is 5.75 Å². The van der Waals surface area contributed by atoms with Crippen molar-refractivity contribution in [2.24, 2.45) is 0 Å². The van der Waals surface area contributed by atoms with Crippen LogP contribution >= 0.6 is 23.6 Å². The lowest BCUT2D eigenvalue weighted by molar-refractivity contribution is 0.0237. The first-order valence-electron chi connectivity index (χ1n) is 10.1. The van der Waals surface area contributed by atoms with Gasteiger partial charge in [0.25, 0.3) is 0 Å². The van der Waals surface area contributed by atoms with Gasteiger partial charge in [-0.2, -0.15) is 0 Å². The third-order valence-electron chi connectivity index (χ3n) is 5.26. The van der Waals surface area contributed by atoms with Crippen molar-refractivity contribution in [3.05, 3.63) is 28.2 Å². The average Bonchev–Trinajstić information content (AvgIpc) is 3.47. The van der Waals surface area contributed by atoms with Crippen LogP contribution in [-0.4, -0.2) is 60.3 Å². The summed E-state index contributed by atoms with van der Waals surface area (Å²) in [5.74, 6) is 0.776. The van der Waals surface area contributed by atoms with E-state index in [0.717, 1.165) is 72.5 Å². The lowest BCUT2D eigenvalue weighted by Gasteiger charge is -2.27. The van der Waals surface area contributed by atoms with E-state index in [1.165, 1.54) is 11.3 Å². The minimum absolute atomic E-state index is 0.287. The van der Waals surface area contributed by atoms with Gasteiger partial charge < -0.3 is 19.5 Å².